The zero-order valence-electron chi connectivity index (χ0n) is 9.90. The predicted octanol–water partition coefficient (Wildman–Crippen LogP) is 0.315. The van der Waals surface area contributed by atoms with Crippen molar-refractivity contribution in [2.45, 2.75) is 0 Å². The molecule has 2 rings (SSSR count). The molecule has 17 heavy (non-hydrogen) atoms. The van der Waals surface area contributed by atoms with Crippen LogP contribution in [0.1, 0.15) is 0 Å². The van der Waals surface area contributed by atoms with Crippen LogP contribution in [-0.4, -0.2) is 57.3 Å². The molecule has 0 unspecified atom stereocenters. The van der Waals surface area contributed by atoms with Crippen molar-refractivity contribution in [3.05, 3.63) is 12.1 Å². The van der Waals surface area contributed by atoms with Crippen LogP contribution in [0.3, 0.4) is 0 Å². The summed E-state index contributed by atoms with van der Waals surface area (Å²) in [6.07, 6.45) is 0. The Morgan fingerprint density at radius 1 is 1.18 bits per heavy atom. The zero-order chi connectivity index (χ0) is 11.5. The maximum absolute atomic E-state index is 5.96. The number of nitrogens with zero attached hydrogens (tertiary/aromatic N) is 1. The molecule has 1 fully saturated rings. The first-order chi connectivity index (χ1) is 7.72. The van der Waals surface area contributed by atoms with Crippen LogP contribution in [0, 0.1) is 0 Å². The fourth-order valence-electron chi connectivity index (χ4n) is 1.86. The van der Waals surface area contributed by atoms with Crippen LogP contribution in [0.25, 0.3) is 0 Å². The van der Waals surface area contributed by atoms with E-state index in [1.165, 1.54) is 0 Å². The Labute approximate surface area is 118 Å². The molecule has 0 atom stereocenters. The number of methoxy groups -OCH3 is 1. The second-order valence-electron chi connectivity index (χ2n) is 3.75. The van der Waals surface area contributed by atoms with Crippen molar-refractivity contribution in [3.8, 4) is 5.75 Å². The molecule has 1 aliphatic heterocycles. The molecular formula is C11H17N3O2Sn. The van der Waals surface area contributed by atoms with E-state index in [-0.39, 0.29) is 23.9 Å². The Bertz CT molecular complexity index is 381. The number of hydrogen-bond donors (Lipinski definition) is 2. The molecule has 6 heteroatoms. The third kappa shape index (κ3) is 3.10. The molecular weight excluding hydrogens is 325 g/mol. The van der Waals surface area contributed by atoms with Gasteiger partial charge in [0, 0.05) is 43.1 Å². The molecule has 0 bridgehead atoms. The third-order valence-electron chi connectivity index (χ3n) is 2.73. The molecule has 4 N–H and O–H groups in total. The number of anilines is 3. The summed E-state index contributed by atoms with van der Waals surface area (Å²) in [5, 5.41) is 0. The maximum atomic E-state index is 5.96. The van der Waals surface area contributed by atoms with E-state index < -0.39 is 0 Å². The Morgan fingerprint density at radius 3 is 2.41 bits per heavy atom. The van der Waals surface area contributed by atoms with E-state index in [2.05, 4.69) is 4.90 Å². The number of nitrogen functional groups attached to an aromatic ring is 2. The Balaban J connectivity index is 0.00000144. The van der Waals surface area contributed by atoms with Gasteiger partial charge < -0.3 is 25.8 Å². The second kappa shape index (κ2) is 6.20. The summed E-state index contributed by atoms with van der Waals surface area (Å²) in [5.74, 6) is 0.663. The number of hydrogen-bond acceptors (Lipinski definition) is 5. The van der Waals surface area contributed by atoms with E-state index in [1.807, 2.05) is 6.07 Å². The summed E-state index contributed by atoms with van der Waals surface area (Å²) in [7, 11) is 1.60. The normalized spacial score (nSPS) is 15.2. The van der Waals surface area contributed by atoms with Gasteiger partial charge in [0.1, 0.15) is 5.75 Å². The van der Waals surface area contributed by atoms with E-state index in [9.17, 15) is 0 Å². The zero-order valence-corrected chi connectivity index (χ0v) is 12.8. The van der Waals surface area contributed by atoms with E-state index in [4.69, 9.17) is 20.9 Å². The monoisotopic (exact) mass is 343 g/mol. The van der Waals surface area contributed by atoms with Crippen molar-refractivity contribution in [1.82, 2.24) is 0 Å². The molecule has 1 saturated heterocycles. The smallest absolute Gasteiger partial charge is 0.143 e. The van der Waals surface area contributed by atoms with Crippen molar-refractivity contribution >= 4 is 41.0 Å². The van der Waals surface area contributed by atoms with Crippen LogP contribution in [0.5, 0.6) is 5.75 Å². The predicted molar refractivity (Wildman–Crippen MR) is 70.6 cm³/mol. The summed E-state index contributed by atoms with van der Waals surface area (Å²) in [6.45, 7) is 3.15. The molecule has 1 aromatic carbocycles. The molecule has 1 heterocycles. The van der Waals surface area contributed by atoms with Gasteiger partial charge in [-0.1, -0.05) is 0 Å². The van der Waals surface area contributed by atoms with Crippen LogP contribution in [0.4, 0.5) is 17.1 Å². The summed E-state index contributed by atoms with van der Waals surface area (Å²) < 4.78 is 10.5. The number of ether oxygens (including phenoxy) is 2. The number of nitrogens with two attached hydrogens (primary N) is 2. The van der Waals surface area contributed by atoms with E-state index in [0.29, 0.717) is 17.1 Å². The number of rotatable bonds is 2. The molecule has 0 saturated carbocycles. The molecule has 0 amide bonds. The number of morpholine rings is 1. The summed E-state index contributed by atoms with van der Waals surface area (Å²) in [5.41, 5.74) is 14.0. The van der Waals surface area contributed by atoms with Crippen LogP contribution in [0.15, 0.2) is 12.1 Å². The van der Waals surface area contributed by atoms with Crippen molar-refractivity contribution in [2.75, 3.05) is 49.8 Å². The summed E-state index contributed by atoms with van der Waals surface area (Å²) in [4.78, 5) is 2.18. The summed E-state index contributed by atoms with van der Waals surface area (Å²) in [6, 6.07) is 3.62. The minimum absolute atomic E-state index is 0. The average molecular weight is 342 g/mol. The van der Waals surface area contributed by atoms with Gasteiger partial charge >= 0.3 is 0 Å². The van der Waals surface area contributed by atoms with Gasteiger partial charge in [-0.2, -0.15) is 0 Å². The Morgan fingerprint density at radius 2 is 1.82 bits per heavy atom. The van der Waals surface area contributed by atoms with Gasteiger partial charge in [0.25, 0.3) is 0 Å². The van der Waals surface area contributed by atoms with Gasteiger partial charge in [0.15, 0.2) is 0 Å². The van der Waals surface area contributed by atoms with Gasteiger partial charge in [-0.05, 0) is 6.07 Å². The van der Waals surface area contributed by atoms with Crippen molar-refractivity contribution < 1.29 is 9.47 Å². The Hall–Kier alpha value is -0.821. The third-order valence-corrected chi connectivity index (χ3v) is 2.73. The van der Waals surface area contributed by atoms with E-state index in [0.717, 1.165) is 32.0 Å². The topological polar surface area (TPSA) is 73.7 Å². The molecule has 1 aliphatic rings. The van der Waals surface area contributed by atoms with Crippen molar-refractivity contribution in [3.63, 3.8) is 0 Å². The van der Waals surface area contributed by atoms with Crippen molar-refractivity contribution in [2.24, 2.45) is 0 Å². The van der Waals surface area contributed by atoms with Crippen LogP contribution in [0.2, 0.25) is 0 Å². The average Bonchev–Trinajstić information content (AvgIpc) is 2.30. The van der Waals surface area contributed by atoms with Gasteiger partial charge in [0.2, 0.25) is 0 Å². The molecule has 1 aromatic rings. The van der Waals surface area contributed by atoms with Gasteiger partial charge in [0.05, 0.1) is 37.4 Å². The first-order valence-corrected chi connectivity index (χ1v) is 5.28. The minimum atomic E-state index is 0. The molecule has 0 aliphatic carbocycles. The van der Waals surface area contributed by atoms with Gasteiger partial charge in [-0.3, -0.25) is 0 Å². The summed E-state index contributed by atoms with van der Waals surface area (Å²) >= 11 is 0. The van der Waals surface area contributed by atoms with Gasteiger partial charge in [-0.25, -0.2) is 0 Å². The van der Waals surface area contributed by atoms with E-state index in [1.54, 1.807) is 13.2 Å². The van der Waals surface area contributed by atoms with Crippen LogP contribution >= 0.6 is 0 Å². The fourth-order valence-corrected chi connectivity index (χ4v) is 1.86. The van der Waals surface area contributed by atoms with Crippen LogP contribution < -0.4 is 21.1 Å². The quantitative estimate of drug-likeness (QED) is 0.598. The minimum Gasteiger partial charge on any atom is -0.495 e. The van der Waals surface area contributed by atoms with Crippen LogP contribution in [-0.2, 0) is 4.74 Å². The fraction of sp³-hybridized carbons (Fsp3) is 0.455. The first-order valence-electron chi connectivity index (χ1n) is 5.28. The van der Waals surface area contributed by atoms with E-state index >= 15 is 0 Å². The van der Waals surface area contributed by atoms with Crippen molar-refractivity contribution in [1.29, 1.82) is 0 Å². The first kappa shape index (κ1) is 14.2. The molecule has 92 valence electrons. The number of benzene rings is 1. The SMILES string of the molecule is COc1cc(N2CCOCC2)c(N)cc1N.[Sn]. The molecule has 5 nitrogen and oxygen atoms in total. The maximum Gasteiger partial charge on any atom is 0.143 e. The Kier molecular flexibility index (Phi) is 5.20. The second-order valence-corrected chi connectivity index (χ2v) is 3.75. The largest absolute Gasteiger partial charge is 0.495 e. The molecule has 0 aromatic heterocycles. The van der Waals surface area contributed by atoms with Gasteiger partial charge in [-0.15, -0.1) is 0 Å². The molecule has 4 radical (unpaired) electrons. The standard InChI is InChI=1S/C11H17N3O2.Sn/c1-15-11-7-10(8(12)6-9(11)13)14-2-4-16-5-3-14;/h6-7H,2-5,12-13H2,1H3;. The molecule has 0 spiro atoms.